The van der Waals surface area contributed by atoms with Crippen molar-refractivity contribution in [2.24, 2.45) is 0 Å². The fourth-order valence-electron chi connectivity index (χ4n) is 0.727. The molecular weight excluding hydrogens is 134 g/mol. The minimum Gasteiger partial charge on any atom is -0.364 e. The standard InChI is InChI=1S/C6H7NOS/c1-6(3-8-6)5-2-7-4-9-5/h2,4H,3H2,1H3. The van der Waals surface area contributed by atoms with Crippen molar-refractivity contribution in [1.29, 1.82) is 0 Å². The molecule has 0 bridgehead atoms. The van der Waals surface area contributed by atoms with Crippen molar-refractivity contribution in [1.82, 2.24) is 4.98 Å². The van der Waals surface area contributed by atoms with E-state index in [1.165, 1.54) is 4.88 Å². The molecule has 1 aliphatic heterocycles. The number of hydrogen-bond acceptors (Lipinski definition) is 3. The molecule has 1 aromatic rings. The average molecular weight is 141 g/mol. The largest absolute Gasteiger partial charge is 0.364 e. The van der Waals surface area contributed by atoms with E-state index in [-0.39, 0.29) is 5.60 Å². The molecule has 2 heterocycles. The molecule has 0 aromatic carbocycles. The topological polar surface area (TPSA) is 25.4 Å². The number of aromatic nitrogens is 1. The first-order valence-corrected chi connectivity index (χ1v) is 3.72. The second-order valence-electron chi connectivity index (χ2n) is 2.39. The van der Waals surface area contributed by atoms with E-state index in [0.717, 1.165) is 6.61 Å². The van der Waals surface area contributed by atoms with Crippen LogP contribution in [0.1, 0.15) is 11.8 Å². The fraction of sp³-hybridized carbons (Fsp3) is 0.500. The summed E-state index contributed by atoms with van der Waals surface area (Å²) in [5, 5.41) is 0. The van der Waals surface area contributed by atoms with Gasteiger partial charge < -0.3 is 4.74 Å². The van der Waals surface area contributed by atoms with E-state index in [0.29, 0.717) is 0 Å². The first-order valence-electron chi connectivity index (χ1n) is 2.84. The fourth-order valence-corrected chi connectivity index (χ4v) is 1.45. The summed E-state index contributed by atoms with van der Waals surface area (Å²) in [6.07, 6.45) is 1.87. The molecule has 2 nitrogen and oxygen atoms in total. The van der Waals surface area contributed by atoms with E-state index in [1.807, 2.05) is 11.7 Å². The first kappa shape index (κ1) is 5.38. The van der Waals surface area contributed by atoms with E-state index in [1.54, 1.807) is 11.3 Å². The van der Waals surface area contributed by atoms with Crippen LogP contribution in [0.5, 0.6) is 0 Å². The van der Waals surface area contributed by atoms with Crippen LogP contribution >= 0.6 is 11.3 Å². The van der Waals surface area contributed by atoms with E-state index < -0.39 is 0 Å². The van der Waals surface area contributed by atoms with E-state index >= 15 is 0 Å². The highest BCUT2D eigenvalue weighted by molar-refractivity contribution is 7.09. The molecule has 1 atom stereocenters. The molecule has 0 aliphatic carbocycles. The zero-order valence-electron chi connectivity index (χ0n) is 5.13. The third-order valence-corrected chi connectivity index (χ3v) is 2.55. The molecule has 9 heavy (non-hydrogen) atoms. The van der Waals surface area contributed by atoms with Crippen LogP contribution in [0.15, 0.2) is 11.7 Å². The van der Waals surface area contributed by atoms with E-state index in [2.05, 4.69) is 11.9 Å². The van der Waals surface area contributed by atoms with Crippen LogP contribution in [0.2, 0.25) is 0 Å². The highest BCUT2D eigenvalue weighted by atomic mass is 32.1. The number of nitrogens with zero attached hydrogens (tertiary/aromatic N) is 1. The van der Waals surface area contributed by atoms with Gasteiger partial charge in [0.1, 0.15) is 5.60 Å². The third kappa shape index (κ3) is 0.767. The molecule has 2 rings (SSSR count). The maximum atomic E-state index is 5.21. The Bertz CT molecular complexity index is 203. The number of hydrogen-bond donors (Lipinski definition) is 0. The summed E-state index contributed by atoms with van der Waals surface area (Å²) in [6.45, 7) is 2.94. The quantitative estimate of drug-likeness (QED) is 0.552. The van der Waals surface area contributed by atoms with Crippen molar-refractivity contribution in [2.45, 2.75) is 12.5 Å². The highest BCUT2D eigenvalue weighted by Gasteiger charge is 2.42. The Morgan fingerprint density at radius 3 is 3.11 bits per heavy atom. The van der Waals surface area contributed by atoms with Gasteiger partial charge in [0, 0.05) is 6.20 Å². The number of ether oxygens (including phenoxy) is 1. The highest BCUT2D eigenvalue weighted by Crippen LogP contribution is 2.39. The van der Waals surface area contributed by atoms with Gasteiger partial charge in [-0.15, -0.1) is 11.3 Å². The number of epoxide rings is 1. The van der Waals surface area contributed by atoms with Crippen LogP contribution < -0.4 is 0 Å². The smallest absolute Gasteiger partial charge is 0.124 e. The van der Waals surface area contributed by atoms with Crippen LogP contribution in [-0.4, -0.2) is 11.6 Å². The molecule has 1 unspecified atom stereocenters. The second kappa shape index (κ2) is 1.55. The van der Waals surface area contributed by atoms with Gasteiger partial charge in [0.2, 0.25) is 0 Å². The summed E-state index contributed by atoms with van der Waals surface area (Å²) in [5.74, 6) is 0. The van der Waals surface area contributed by atoms with E-state index in [4.69, 9.17) is 4.74 Å². The Hall–Kier alpha value is -0.410. The van der Waals surface area contributed by atoms with Crippen LogP contribution in [0, 0.1) is 0 Å². The summed E-state index contributed by atoms with van der Waals surface area (Å²) in [4.78, 5) is 5.21. The zero-order chi connectivity index (χ0) is 6.32. The van der Waals surface area contributed by atoms with Crippen LogP contribution in [-0.2, 0) is 10.3 Å². The summed E-state index contributed by atoms with van der Waals surface area (Å²) < 4.78 is 5.21. The Kier molecular flexibility index (Phi) is 0.926. The molecule has 0 spiro atoms. The van der Waals surface area contributed by atoms with Crippen LogP contribution in [0.3, 0.4) is 0 Å². The first-order chi connectivity index (χ1) is 4.31. The number of rotatable bonds is 1. The Morgan fingerprint density at radius 1 is 1.89 bits per heavy atom. The van der Waals surface area contributed by atoms with Gasteiger partial charge in [-0.1, -0.05) is 0 Å². The summed E-state index contributed by atoms with van der Waals surface area (Å²) in [7, 11) is 0. The Labute approximate surface area is 57.5 Å². The van der Waals surface area contributed by atoms with Crippen LogP contribution in [0.4, 0.5) is 0 Å². The lowest BCUT2D eigenvalue weighted by atomic mass is 10.2. The molecule has 1 aliphatic rings. The molecule has 0 amide bonds. The predicted molar refractivity (Wildman–Crippen MR) is 35.4 cm³/mol. The molecule has 1 fully saturated rings. The SMILES string of the molecule is CC1(c2cncs2)CO1. The molecule has 3 heteroatoms. The molecule has 0 N–H and O–H groups in total. The second-order valence-corrected chi connectivity index (χ2v) is 3.27. The molecule has 0 saturated carbocycles. The molecule has 48 valence electrons. The summed E-state index contributed by atoms with van der Waals surface area (Å²) >= 11 is 1.66. The van der Waals surface area contributed by atoms with Gasteiger partial charge in [-0.3, -0.25) is 4.98 Å². The summed E-state index contributed by atoms with van der Waals surface area (Å²) in [6, 6.07) is 0. The van der Waals surface area contributed by atoms with Gasteiger partial charge in [0.15, 0.2) is 0 Å². The maximum Gasteiger partial charge on any atom is 0.124 e. The molecule has 1 saturated heterocycles. The molecule has 1 aromatic heterocycles. The minimum absolute atomic E-state index is 0.0289. The lowest BCUT2D eigenvalue weighted by Gasteiger charge is -1.95. The zero-order valence-corrected chi connectivity index (χ0v) is 5.94. The van der Waals surface area contributed by atoms with Gasteiger partial charge in [0.25, 0.3) is 0 Å². The van der Waals surface area contributed by atoms with Crippen molar-refractivity contribution in [2.75, 3.05) is 6.61 Å². The van der Waals surface area contributed by atoms with Gasteiger partial charge >= 0.3 is 0 Å². The number of thiazole rings is 1. The van der Waals surface area contributed by atoms with Crippen molar-refractivity contribution in [3.8, 4) is 0 Å². The third-order valence-electron chi connectivity index (χ3n) is 1.53. The monoisotopic (exact) mass is 141 g/mol. The lowest BCUT2D eigenvalue weighted by Crippen LogP contribution is -1.97. The van der Waals surface area contributed by atoms with Gasteiger partial charge in [-0.2, -0.15) is 0 Å². The van der Waals surface area contributed by atoms with Crippen molar-refractivity contribution in [3.05, 3.63) is 16.6 Å². The van der Waals surface area contributed by atoms with Gasteiger partial charge in [0.05, 0.1) is 17.0 Å². The predicted octanol–water partition coefficient (Wildman–Crippen LogP) is 1.39. The van der Waals surface area contributed by atoms with Crippen molar-refractivity contribution in [3.63, 3.8) is 0 Å². The maximum absolute atomic E-state index is 5.21. The molecular formula is C6H7NOS. The van der Waals surface area contributed by atoms with Gasteiger partial charge in [-0.25, -0.2) is 0 Å². The normalized spacial score (nSPS) is 32.6. The lowest BCUT2D eigenvalue weighted by molar-refractivity contribution is 0.333. The van der Waals surface area contributed by atoms with Crippen molar-refractivity contribution < 1.29 is 4.74 Å². The Morgan fingerprint density at radius 2 is 2.67 bits per heavy atom. The minimum atomic E-state index is 0.0289. The molecule has 0 radical (unpaired) electrons. The van der Waals surface area contributed by atoms with Crippen LogP contribution in [0.25, 0.3) is 0 Å². The van der Waals surface area contributed by atoms with Crippen molar-refractivity contribution >= 4 is 11.3 Å². The average Bonchev–Trinajstić information content (AvgIpc) is 2.46. The Balaban J connectivity index is 2.34. The van der Waals surface area contributed by atoms with Gasteiger partial charge in [-0.05, 0) is 6.92 Å². The summed E-state index contributed by atoms with van der Waals surface area (Å²) in [5.41, 5.74) is 1.86. The van der Waals surface area contributed by atoms with E-state index in [9.17, 15) is 0 Å².